The number of aromatic amines is 1. The molecule has 1 saturated heterocycles. The standard InChI is InChI=1S/C23H37N7O3S/c1-3-29(4-2)14-9-17-34(32,33)28-20(13-12-19-10-6-5-7-11-19)22-25-21(26-27-22)18-24-23(31)30-15-8-16-30/h5-7,10-11,20,28H,3-4,8-9,12-18H2,1-2H3,(H,24,31)(H,25,26,27)/t20-/m1/s1. The number of carbonyl (C=O) groups excluding carboxylic acids is 1. The van der Waals surface area contributed by atoms with Crippen molar-refractivity contribution < 1.29 is 13.2 Å². The molecule has 0 unspecified atom stereocenters. The molecular weight excluding hydrogens is 454 g/mol. The molecule has 0 saturated carbocycles. The summed E-state index contributed by atoms with van der Waals surface area (Å²) in [7, 11) is -3.51. The molecule has 1 atom stereocenters. The van der Waals surface area contributed by atoms with Gasteiger partial charge in [-0.25, -0.2) is 22.9 Å². The maximum atomic E-state index is 12.9. The Morgan fingerprint density at radius 1 is 1.21 bits per heavy atom. The molecule has 10 nitrogen and oxygen atoms in total. The molecule has 1 aliphatic heterocycles. The zero-order chi connectivity index (χ0) is 24.4. The number of nitrogens with zero attached hydrogens (tertiary/aromatic N) is 4. The van der Waals surface area contributed by atoms with Gasteiger partial charge < -0.3 is 15.1 Å². The lowest BCUT2D eigenvalue weighted by molar-refractivity contribution is 0.167. The SMILES string of the molecule is CCN(CC)CCCS(=O)(=O)N[C@H](CCc1ccccc1)c1nc(CNC(=O)N2CCC2)n[nH]1. The Kier molecular flexibility index (Phi) is 9.85. The Labute approximate surface area is 202 Å². The summed E-state index contributed by atoms with van der Waals surface area (Å²) in [6.07, 6.45) is 2.81. The van der Waals surface area contributed by atoms with Gasteiger partial charge in [-0.1, -0.05) is 44.2 Å². The zero-order valence-corrected chi connectivity index (χ0v) is 21.0. The Morgan fingerprint density at radius 2 is 1.94 bits per heavy atom. The summed E-state index contributed by atoms with van der Waals surface area (Å²) >= 11 is 0. The number of aromatic nitrogens is 3. The molecular formula is C23H37N7O3S. The predicted molar refractivity (Wildman–Crippen MR) is 132 cm³/mol. The third-order valence-corrected chi connectivity index (χ3v) is 7.56. The van der Waals surface area contributed by atoms with E-state index in [9.17, 15) is 13.2 Å². The molecule has 1 aromatic carbocycles. The highest BCUT2D eigenvalue weighted by atomic mass is 32.2. The van der Waals surface area contributed by atoms with Crippen LogP contribution in [0.3, 0.4) is 0 Å². The second-order valence-electron chi connectivity index (χ2n) is 8.53. The van der Waals surface area contributed by atoms with Crippen LogP contribution in [0.25, 0.3) is 0 Å². The molecule has 34 heavy (non-hydrogen) atoms. The molecule has 188 valence electrons. The highest BCUT2D eigenvalue weighted by Crippen LogP contribution is 2.18. The lowest BCUT2D eigenvalue weighted by Gasteiger charge is -2.30. The molecule has 0 radical (unpaired) electrons. The largest absolute Gasteiger partial charge is 0.331 e. The first-order valence-corrected chi connectivity index (χ1v) is 13.8. The molecule has 11 heteroatoms. The summed E-state index contributed by atoms with van der Waals surface area (Å²) in [5, 5.41) is 9.88. The first kappa shape index (κ1) is 26.1. The summed E-state index contributed by atoms with van der Waals surface area (Å²) in [6.45, 7) is 8.41. The van der Waals surface area contributed by atoms with Crippen LogP contribution in [0.5, 0.6) is 0 Å². The smallest absolute Gasteiger partial charge is 0.317 e. The topological polar surface area (TPSA) is 123 Å². The van der Waals surface area contributed by atoms with Crippen molar-refractivity contribution in [1.29, 1.82) is 0 Å². The van der Waals surface area contributed by atoms with Crippen molar-refractivity contribution in [2.75, 3.05) is 38.5 Å². The van der Waals surface area contributed by atoms with Gasteiger partial charge in [0.1, 0.15) is 5.82 Å². The van der Waals surface area contributed by atoms with E-state index in [0.717, 1.165) is 44.7 Å². The van der Waals surface area contributed by atoms with Gasteiger partial charge in [0.15, 0.2) is 5.82 Å². The van der Waals surface area contributed by atoms with Gasteiger partial charge in [-0.3, -0.25) is 5.10 Å². The van der Waals surface area contributed by atoms with Crippen LogP contribution >= 0.6 is 0 Å². The number of benzene rings is 1. The first-order valence-electron chi connectivity index (χ1n) is 12.1. The minimum absolute atomic E-state index is 0.0538. The monoisotopic (exact) mass is 491 g/mol. The fraction of sp³-hybridized carbons (Fsp3) is 0.609. The van der Waals surface area contributed by atoms with Crippen LogP contribution in [0, 0.1) is 0 Å². The molecule has 1 aromatic heterocycles. The molecule has 3 rings (SSSR count). The van der Waals surface area contributed by atoms with E-state index < -0.39 is 16.1 Å². The second-order valence-corrected chi connectivity index (χ2v) is 10.4. The molecule has 1 aliphatic rings. The highest BCUT2D eigenvalue weighted by Gasteiger charge is 2.24. The van der Waals surface area contributed by atoms with Crippen molar-refractivity contribution in [3.63, 3.8) is 0 Å². The number of sulfonamides is 1. The van der Waals surface area contributed by atoms with E-state index in [1.807, 2.05) is 30.3 Å². The van der Waals surface area contributed by atoms with Crippen molar-refractivity contribution in [3.8, 4) is 0 Å². The van der Waals surface area contributed by atoms with Crippen molar-refractivity contribution in [3.05, 3.63) is 47.5 Å². The Balaban J connectivity index is 1.63. The van der Waals surface area contributed by atoms with Crippen LogP contribution in [0.2, 0.25) is 0 Å². The quantitative estimate of drug-likeness (QED) is 0.372. The van der Waals surface area contributed by atoms with Gasteiger partial charge in [-0.15, -0.1) is 0 Å². The lowest BCUT2D eigenvalue weighted by atomic mass is 10.1. The van der Waals surface area contributed by atoms with Crippen molar-refractivity contribution in [2.24, 2.45) is 0 Å². The van der Waals surface area contributed by atoms with Gasteiger partial charge in [0.05, 0.1) is 18.3 Å². The number of hydrogen-bond donors (Lipinski definition) is 3. The van der Waals surface area contributed by atoms with E-state index in [1.54, 1.807) is 4.90 Å². The Bertz CT molecular complexity index is 989. The normalized spacial score (nSPS) is 14.7. The number of nitrogens with one attached hydrogen (secondary N) is 3. The summed E-state index contributed by atoms with van der Waals surface area (Å²) in [6, 6.07) is 9.26. The number of carbonyl (C=O) groups is 1. The van der Waals surface area contributed by atoms with Crippen LogP contribution in [0.1, 0.15) is 56.4 Å². The predicted octanol–water partition coefficient (Wildman–Crippen LogP) is 2.05. The van der Waals surface area contributed by atoms with E-state index in [-0.39, 0.29) is 18.3 Å². The summed E-state index contributed by atoms with van der Waals surface area (Å²) in [5.41, 5.74) is 1.12. The van der Waals surface area contributed by atoms with Crippen molar-refractivity contribution >= 4 is 16.1 Å². The molecule has 0 spiro atoms. The number of amides is 2. The number of aryl methyl sites for hydroxylation is 1. The van der Waals surface area contributed by atoms with Gasteiger partial charge in [0, 0.05) is 13.1 Å². The zero-order valence-electron chi connectivity index (χ0n) is 20.2. The average molecular weight is 492 g/mol. The highest BCUT2D eigenvalue weighted by molar-refractivity contribution is 7.89. The molecule has 2 heterocycles. The Hall–Kier alpha value is -2.50. The van der Waals surface area contributed by atoms with E-state index in [0.29, 0.717) is 30.9 Å². The fourth-order valence-corrected chi connectivity index (χ4v) is 5.12. The maximum absolute atomic E-state index is 12.9. The third kappa shape index (κ3) is 8.07. The second kappa shape index (κ2) is 12.8. The fourth-order valence-electron chi connectivity index (χ4n) is 3.83. The van der Waals surface area contributed by atoms with Gasteiger partial charge >= 0.3 is 6.03 Å². The number of urea groups is 1. The van der Waals surface area contributed by atoms with E-state index >= 15 is 0 Å². The van der Waals surface area contributed by atoms with Crippen LogP contribution in [0.4, 0.5) is 4.79 Å². The van der Waals surface area contributed by atoms with Crippen molar-refractivity contribution in [1.82, 2.24) is 35.0 Å². The van der Waals surface area contributed by atoms with E-state index in [2.05, 4.69) is 44.0 Å². The van der Waals surface area contributed by atoms with Crippen LogP contribution in [0.15, 0.2) is 30.3 Å². The maximum Gasteiger partial charge on any atom is 0.317 e. The summed E-state index contributed by atoms with van der Waals surface area (Å²) < 4.78 is 28.6. The van der Waals surface area contributed by atoms with Gasteiger partial charge in [-0.05, 0) is 50.9 Å². The lowest BCUT2D eigenvalue weighted by Crippen LogP contribution is -2.47. The first-order chi connectivity index (χ1) is 16.4. The molecule has 1 fully saturated rings. The average Bonchev–Trinajstić information content (AvgIpc) is 3.27. The molecule has 0 bridgehead atoms. The van der Waals surface area contributed by atoms with Crippen LogP contribution < -0.4 is 10.0 Å². The van der Waals surface area contributed by atoms with Gasteiger partial charge in [0.2, 0.25) is 10.0 Å². The molecule has 3 N–H and O–H groups in total. The third-order valence-electron chi connectivity index (χ3n) is 6.09. The van der Waals surface area contributed by atoms with Crippen LogP contribution in [-0.4, -0.2) is 77.9 Å². The summed E-state index contributed by atoms with van der Waals surface area (Å²) in [5.74, 6) is 0.934. The number of H-pyrrole nitrogens is 1. The van der Waals surface area contributed by atoms with Gasteiger partial charge in [0.25, 0.3) is 0 Å². The van der Waals surface area contributed by atoms with E-state index in [1.165, 1.54) is 0 Å². The minimum Gasteiger partial charge on any atom is -0.331 e. The molecule has 2 aromatic rings. The van der Waals surface area contributed by atoms with Gasteiger partial charge in [-0.2, -0.15) is 5.10 Å². The minimum atomic E-state index is -3.51. The Morgan fingerprint density at radius 3 is 2.59 bits per heavy atom. The summed E-state index contributed by atoms with van der Waals surface area (Å²) in [4.78, 5) is 20.4. The van der Waals surface area contributed by atoms with Crippen molar-refractivity contribution in [2.45, 2.75) is 52.1 Å². The molecule has 2 amide bonds. The van der Waals surface area contributed by atoms with Crippen LogP contribution in [-0.2, 0) is 23.0 Å². The number of hydrogen-bond acceptors (Lipinski definition) is 6. The number of rotatable bonds is 14. The van der Waals surface area contributed by atoms with E-state index in [4.69, 9.17) is 0 Å². The number of likely N-dealkylation sites (tertiary alicyclic amines) is 1. The molecule has 0 aliphatic carbocycles.